The highest BCUT2D eigenvalue weighted by Crippen LogP contribution is 2.22. The van der Waals surface area contributed by atoms with Crippen LogP contribution < -0.4 is 0 Å². The van der Waals surface area contributed by atoms with E-state index in [9.17, 15) is 13.2 Å². The van der Waals surface area contributed by atoms with Crippen LogP contribution in [0.3, 0.4) is 0 Å². The van der Waals surface area contributed by atoms with E-state index < -0.39 is 10.0 Å². The van der Waals surface area contributed by atoms with Crippen molar-refractivity contribution >= 4 is 22.0 Å². The number of unbranched alkanes of at least 4 members (excludes halogenated alkanes) is 1. The summed E-state index contributed by atoms with van der Waals surface area (Å²) in [5, 5.41) is 1.26. The minimum atomic E-state index is -3.44. The summed E-state index contributed by atoms with van der Waals surface area (Å²) < 4.78 is 26.4. The van der Waals surface area contributed by atoms with Crippen molar-refractivity contribution in [3.05, 3.63) is 41.3 Å². The molecule has 1 amide bonds. The minimum absolute atomic E-state index is 0.0635. The van der Waals surface area contributed by atoms with Crippen molar-refractivity contribution in [3.63, 3.8) is 0 Å². The van der Waals surface area contributed by atoms with Crippen LogP contribution in [-0.2, 0) is 14.8 Å². The van der Waals surface area contributed by atoms with Gasteiger partial charge in [-0.1, -0.05) is 43.7 Å². The fourth-order valence-corrected chi connectivity index (χ4v) is 4.21. The van der Waals surface area contributed by atoms with Crippen molar-refractivity contribution in [1.29, 1.82) is 0 Å². The average molecular weight is 365 g/mol. The van der Waals surface area contributed by atoms with E-state index in [1.165, 1.54) is 9.71 Å². The molecule has 5 nitrogen and oxygen atoms in total. The van der Waals surface area contributed by atoms with Gasteiger partial charge in [-0.2, -0.15) is 4.31 Å². The van der Waals surface area contributed by atoms with E-state index in [-0.39, 0.29) is 11.8 Å². The lowest BCUT2D eigenvalue weighted by molar-refractivity contribution is -0.135. The van der Waals surface area contributed by atoms with Gasteiger partial charge in [0, 0.05) is 38.0 Å². The van der Waals surface area contributed by atoms with Crippen LogP contribution in [0.2, 0.25) is 0 Å². The molecule has 1 saturated heterocycles. The van der Waals surface area contributed by atoms with Crippen molar-refractivity contribution in [3.8, 4) is 0 Å². The van der Waals surface area contributed by atoms with Crippen LogP contribution in [0.25, 0.3) is 6.08 Å². The van der Waals surface area contributed by atoms with Crippen molar-refractivity contribution < 1.29 is 13.2 Å². The van der Waals surface area contributed by atoms with Crippen molar-refractivity contribution in [2.45, 2.75) is 32.6 Å². The first kappa shape index (κ1) is 19.7. The zero-order valence-corrected chi connectivity index (χ0v) is 15.9. The summed E-state index contributed by atoms with van der Waals surface area (Å²) in [5.41, 5.74) is 0.855. The molecule has 0 aliphatic carbocycles. The molecule has 0 N–H and O–H groups in total. The summed E-state index contributed by atoms with van der Waals surface area (Å²) in [5.74, 6) is 0.0803. The molecule has 0 atom stereocenters. The van der Waals surface area contributed by atoms with Crippen LogP contribution in [0.4, 0.5) is 0 Å². The molecular formula is C19H28N2O3S. The van der Waals surface area contributed by atoms with Gasteiger partial charge in [0.1, 0.15) is 0 Å². The first-order valence-electron chi connectivity index (χ1n) is 8.92. The lowest BCUT2D eigenvalue weighted by Crippen LogP contribution is -2.43. The Hall–Kier alpha value is -1.66. The highest BCUT2D eigenvalue weighted by atomic mass is 32.2. The smallest absolute Gasteiger partial charge is 0.236 e. The summed E-state index contributed by atoms with van der Waals surface area (Å²) in [4.78, 5) is 14.2. The number of carbonyl (C=O) groups is 1. The Kier molecular flexibility index (Phi) is 7.20. The summed E-state index contributed by atoms with van der Waals surface area (Å²) >= 11 is 0. The first-order chi connectivity index (χ1) is 11.9. The van der Waals surface area contributed by atoms with Crippen LogP contribution in [0.5, 0.6) is 0 Å². The lowest BCUT2D eigenvalue weighted by Gasteiger charge is -2.31. The summed E-state index contributed by atoms with van der Waals surface area (Å²) in [6.45, 7) is 3.68. The quantitative estimate of drug-likeness (QED) is 0.747. The zero-order chi connectivity index (χ0) is 18.3. The van der Waals surface area contributed by atoms with Crippen LogP contribution in [0, 0.1) is 5.92 Å². The Labute approximate surface area is 151 Å². The van der Waals surface area contributed by atoms with Gasteiger partial charge in [0.2, 0.25) is 15.9 Å². The molecule has 6 heteroatoms. The predicted octanol–water partition coefficient (Wildman–Crippen LogP) is 2.96. The van der Waals surface area contributed by atoms with Crippen LogP contribution >= 0.6 is 0 Å². The van der Waals surface area contributed by atoms with Gasteiger partial charge in [-0.25, -0.2) is 8.42 Å². The van der Waals surface area contributed by atoms with E-state index in [1.807, 2.05) is 37.4 Å². The maximum atomic E-state index is 12.5. The number of sulfonamides is 1. The third kappa shape index (κ3) is 5.68. The number of benzene rings is 1. The fourth-order valence-electron chi connectivity index (χ4n) is 2.99. The fraction of sp³-hybridized carbons (Fsp3) is 0.526. The first-order valence-corrected chi connectivity index (χ1v) is 10.4. The van der Waals surface area contributed by atoms with Gasteiger partial charge in [-0.3, -0.25) is 4.79 Å². The predicted molar refractivity (Wildman–Crippen MR) is 101 cm³/mol. The average Bonchev–Trinajstić information content (AvgIpc) is 2.65. The molecule has 2 rings (SSSR count). The van der Waals surface area contributed by atoms with Crippen LogP contribution in [-0.4, -0.2) is 50.2 Å². The SMILES string of the molecule is CCCCN(C)C(=O)C1CCN(S(=O)(=O)C=Cc2ccccc2)CC1. The van der Waals surface area contributed by atoms with Crippen molar-refractivity contribution in [1.82, 2.24) is 9.21 Å². The molecule has 0 bridgehead atoms. The molecule has 0 unspecified atom stereocenters. The van der Waals surface area contributed by atoms with Crippen LogP contribution in [0.15, 0.2) is 35.7 Å². The molecule has 138 valence electrons. The highest BCUT2D eigenvalue weighted by Gasteiger charge is 2.31. The van der Waals surface area contributed by atoms with Gasteiger partial charge in [0.15, 0.2) is 0 Å². The number of piperidine rings is 1. The number of hydrogen-bond donors (Lipinski definition) is 0. The van der Waals surface area contributed by atoms with Gasteiger partial charge in [-0.05, 0) is 30.9 Å². The molecule has 1 fully saturated rings. The van der Waals surface area contributed by atoms with Gasteiger partial charge in [-0.15, -0.1) is 0 Å². The molecule has 0 aromatic heterocycles. The Morgan fingerprint density at radius 2 is 1.88 bits per heavy atom. The molecule has 1 heterocycles. The third-order valence-corrected chi connectivity index (χ3v) is 6.18. The van der Waals surface area contributed by atoms with E-state index >= 15 is 0 Å². The normalized spacial score (nSPS) is 17.0. The monoisotopic (exact) mass is 364 g/mol. The maximum absolute atomic E-state index is 12.5. The second kappa shape index (κ2) is 9.15. The largest absolute Gasteiger partial charge is 0.346 e. The van der Waals surface area contributed by atoms with Crippen molar-refractivity contribution in [2.24, 2.45) is 5.92 Å². The van der Waals surface area contributed by atoms with E-state index in [1.54, 1.807) is 11.0 Å². The third-order valence-electron chi connectivity index (χ3n) is 4.62. The summed E-state index contributed by atoms with van der Waals surface area (Å²) in [7, 11) is -1.60. The minimum Gasteiger partial charge on any atom is -0.346 e. The van der Waals surface area contributed by atoms with E-state index in [0.717, 1.165) is 24.9 Å². The van der Waals surface area contributed by atoms with Gasteiger partial charge < -0.3 is 4.90 Å². The Bertz CT molecular complexity index is 678. The van der Waals surface area contributed by atoms with Gasteiger partial charge >= 0.3 is 0 Å². The number of carbonyl (C=O) groups excluding carboxylic acids is 1. The molecule has 1 aliphatic heterocycles. The molecule has 0 spiro atoms. The highest BCUT2D eigenvalue weighted by molar-refractivity contribution is 7.92. The maximum Gasteiger partial charge on any atom is 0.236 e. The topological polar surface area (TPSA) is 57.7 Å². The molecule has 1 aromatic carbocycles. The van der Waals surface area contributed by atoms with Gasteiger partial charge in [0.25, 0.3) is 0 Å². The van der Waals surface area contributed by atoms with Gasteiger partial charge in [0.05, 0.1) is 0 Å². The Morgan fingerprint density at radius 3 is 2.48 bits per heavy atom. The standard InChI is InChI=1S/C19H28N2O3S/c1-3-4-13-20(2)19(22)18-10-14-21(15-11-18)25(23,24)16-12-17-8-6-5-7-9-17/h5-9,12,16,18H,3-4,10-11,13-15H2,1-2H3. The molecule has 0 saturated carbocycles. The van der Waals surface area contributed by atoms with Crippen molar-refractivity contribution in [2.75, 3.05) is 26.7 Å². The zero-order valence-electron chi connectivity index (χ0n) is 15.1. The second-order valence-electron chi connectivity index (χ2n) is 6.55. The van der Waals surface area contributed by atoms with E-state index in [4.69, 9.17) is 0 Å². The molecule has 1 aliphatic rings. The summed E-state index contributed by atoms with van der Waals surface area (Å²) in [6, 6.07) is 9.37. The number of amides is 1. The van der Waals surface area contributed by atoms with E-state index in [0.29, 0.717) is 25.9 Å². The lowest BCUT2D eigenvalue weighted by atomic mass is 9.96. The van der Waals surface area contributed by atoms with E-state index in [2.05, 4.69) is 6.92 Å². The molecule has 0 radical (unpaired) electrons. The van der Waals surface area contributed by atoms with Crippen LogP contribution in [0.1, 0.15) is 38.2 Å². The molecular weight excluding hydrogens is 336 g/mol. The second-order valence-corrected chi connectivity index (χ2v) is 8.36. The summed E-state index contributed by atoms with van der Waals surface area (Å²) in [6.07, 6.45) is 4.86. The number of nitrogens with zero attached hydrogens (tertiary/aromatic N) is 2. The number of rotatable bonds is 7. The molecule has 1 aromatic rings. The molecule has 25 heavy (non-hydrogen) atoms. The Morgan fingerprint density at radius 1 is 1.24 bits per heavy atom. The Balaban J connectivity index is 1.90. The number of hydrogen-bond acceptors (Lipinski definition) is 3.